The van der Waals surface area contributed by atoms with Gasteiger partial charge in [-0.15, -0.1) is 0 Å². The average molecular weight is 479 g/mol. The zero-order valence-corrected chi connectivity index (χ0v) is 23.0. The fourth-order valence-electron chi connectivity index (χ4n) is 2.23. The van der Waals surface area contributed by atoms with Crippen molar-refractivity contribution in [2.75, 3.05) is 0 Å². The van der Waals surface area contributed by atoms with Gasteiger partial charge >= 0.3 is 0 Å². The van der Waals surface area contributed by atoms with Gasteiger partial charge in [0.15, 0.2) is 0 Å². The highest BCUT2D eigenvalue weighted by Gasteiger charge is 1.96. The largest absolute Gasteiger partial charge is 0.307 e. The molecule has 4 heteroatoms. The maximum Gasteiger partial charge on any atom is 0.150 e. The highest BCUT2D eigenvalue weighted by atomic mass is 35.5. The molecule has 33 heavy (non-hydrogen) atoms. The molecule has 2 rings (SSSR count). The van der Waals surface area contributed by atoms with Crippen molar-refractivity contribution >= 4 is 30.5 Å². The molecule has 0 radical (unpaired) electrons. The number of Topliss-reactive ketones (excluding diaryl/α,β-unsaturated/α-hetero) is 1. The van der Waals surface area contributed by atoms with E-state index in [2.05, 4.69) is 13.8 Å². The number of carbonyl (C=O) groups is 3. The van der Waals surface area contributed by atoms with Crippen LogP contribution in [0.2, 0.25) is 5.02 Å². The number of rotatable bonds is 7. The smallest absolute Gasteiger partial charge is 0.150 e. The number of hydrogen-bond acceptors (Lipinski definition) is 3. The number of hydrogen-bond donors (Lipinski definition) is 0. The zero-order valence-electron chi connectivity index (χ0n) is 22.2. The van der Waals surface area contributed by atoms with Crippen LogP contribution in [-0.2, 0) is 16.0 Å². The van der Waals surface area contributed by atoms with Gasteiger partial charge in [-0.1, -0.05) is 128 Å². The van der Waals surface area contributed by atoms with Crippen LogP contribution < -0.4 is 0 Å². The molecule has 188 valence electrons. The second-order valence-corrected chi connectivity index (χ2v) is 6.96. The molecule has 0 saturated heterocycles. The summed E-state index contributed by atoms with van der Waals surface area (Å²) in [6.07, 6.45) is 8.24. The average Bonchev–Trinajstić information content (AvgIpc) is 2.86. The third kappa shape index (κ3) is 27.7. The van der Waals surface area contributed by atoms with E-state index in [1.807, 2.05) is 65.7 Å². The molecule has 0 saturated carbocycles. The topological polar surface area (TPSA) is 51.2 Å². The SMILES string of the molecule is C=O.CC.CC.CC(=O)Cc1ccc(C=O)cc1.CCCCCCC.Cc1ccccc1Cl. The molecule has 0 amide bonds. The summed E-state index contributed by atoms with van der Waals surface area (Å²) < 4.78 is 0. The van der Waals surface area contributed by atoms with Crippen molar-refractivity contribution < 1.29 is 14.4 Å². The van der Waals surface area contributed by atoms with E-state index in [-0.39, 0.29) is 5.78 Å². The standard InChI is InChI=1S/C10H10O2.C7H7Cl.C7H16.2C2H6.CH2O/c1-8(12)6-9-2-4-10(7-11)5-3-9;1-6-4-2-3-5-7(6)8;1-3-5-7-6-4-2;3*1-2/h2-5,7H,6H2,1H3;2-5H,1H3;3-7H2,1-2H3;2*1-2H3;1H2. The van der Waals surface area contributed by atoms with Crippen LogP contribution in [0.1, 0.15) is 102 Å². The lowest BCUT2D eigenvalue weighted by Gasteiger charge is -1.96. The van der Waals surface area contributed by atoms with E-state index in [1.165, 1.54) is 32.1 Å². The van der Waals surface area contributed by atoms with Crippen molar-refractivity contribution in [3.63, 3.8) is 0 Å². The van der Waals surface area contributed by atoms with E-state index in [9.17, 15) is 9.59 Å². The van der Waals surface area contributed by atoms with E-state index >= 15 is 0 Å². The summed E-state index contributed by atoms with van der Waals surface area (Å²) in [5.74, 6) is 0.133. The van der Waals surface area contributed by atoms with E-state index in [1.54, 1.807) is 31.2 Å². The quantitative estimate of drug-likeness (QED) is 0.294. The Hall–Kier alpha value is -2.26. The van der Waals surface area contributed by atoms with Gasteiger partial charge in [0, 0.05) is 17.0 Å². The lowest BCUT2D eigenvalue weighted by Crippen LogP contribution is -1.95. The minimum Gasteiger partial charge on any atom is -0.307 e. The van der Waals surface area contributed by atoms with Crippen molar-refractivity contribution in [2.45, 2.75) is 93.9 Å². The molecule has 0 aliphatic rings. The first-order chi connectivity index (χ1) is 15.9. The van der Waals surface area contributed by atoms with E-state index in [0.717, 1.165) is 22.4 Å². The summed E-state index contributed by atoms with van der Waals surface area (Å²) in [6, 6.07) is 14.8. The van der Waals surface area contributed by atoms with Crippen LogP contribution in [0.3, 0.4) is 0 Å². The Labute approximate surface area is 209 Å². The molecule has 0 spiro atoms. The maximum absolute atomic E-state index is 10.7. The highest BCUT2D eigenvalue weighted by Crippen LogP contribution is 2.11. The van der Waals surface area contributed by atoms with Gasteiger partial charge in [-0.25, -0.2) is 0 Å². The number of carbonyl (C=O) groups excluding carboxylic acids is 3. The van der Waals surface area contributed by atoms with Crippen LogP contribution in [0.4, 0.5) is 0 Å². The first kappa shape index (κ1) is 38.0. The van der Waals surface area contributed by atoms with Crippen LogP contribution in [0, 0.1) is 6.92 Å². The first-order valence-corrected chi connectivity index (χ1v) is 12.4. The Morgan fingerprint density at radius 3 is 1.61 bits per heavy atom. The highest BCUT2D eigenvalue weighted by molar-refractivity contribution is 6.31. The van der Waals surface area contributed by atoms with Crippen molar-refractivity contribution in [3.05, 3.63) is 70.2 Å². The molecule has 3 nitrogen and oxygen atoms in total. The third-order valence-corrected chi connectivity index (χ3v) is 4.28. The van der Waals surface area contributed by atoms with Gasteiger partial charge in [-0.3, -0.25) is 9.59 Å². The fourth-order valence-corrected chi connectivity index (χ4v) is 2.37. The second-order valence-electron chi connectivity index (χ2n) is 6.55. The minimum absolute atomic E-state index is 0.133. The van der Waals surface area contributed by atoms with Gasteiger partial charge in [-0.05, 0) is 31.0 Å². The molecule has 0 N–H and O–H groups in total. The molecule has 2 aromatic carbocycles. The predicted octanol–water partition coefficient (Wildman–Crippen LogP) is 9.12. The van der Waals surface area contributed by atoms with E-state index in [0.29, 0.717) is 12.0 Å². The Kier molecular flexibility index (Phi) is 36.8. The summed E-state index contributed by atoms with van der Waals surface area (Å²) in [7, 11) is 0. The van der Waals surface area contributed by atoms with E-state index < -0.39 is 0 Å². The van der Waals surface area contributed by atoms with Gasteiger partial charge < -0.3 is 4.79 Å². The first-order valence-electron chi connectivity index (χ1n) is 12.0. The Morgan fingerprint density at radius 1 is 0.848 bits per heavy atom. The van der Waals surface area contributed by atoms with Gasteiger partial charge in [0.2, 0.25) is 0 Å². The van der Waals surface area contributed by atoms with Crippen LogP contribution in [0.15, 0.2) is 48.5 Å². The number of aldehydes is 1. The monoisotopic (exact) mass is 478 g/mol. The van der Waals surface area contributed by atoms with Crippen LogP contribution in [0.5, 0.6) is 0 Å². The van der Waals surface area contributed by atoms with E-state index in [4.69, 9.17) is 16.4 Å². The molecule has 0 unspecified atom stereocenters. The number of unbranched alkanes of at least 4 members (excludes halogenated alkanes) is 4. The molecular formula is C29H47ClO3. The number of halogens is 1. The molecule has 0 aliphatic heterocycles. The lowest BCUT2D eigenvalue weighted by molar-refractivity contribution is -0.116. The Balaban J connectivity index is -0.000000177. The zero-order chi connectivity index (χ0) is 26.5. The van der Waals surface area contributed by atoms with Crippen LogP contribution in [0.25, 0.3) is 0 Å². The molecule has 0 heterocycles. The summed E-state index contributed by atoms with van der Waals surface area (Å²) >= 11 is 5.71. The Bertz CT molecular complexity index is 642. The predicted molar refractivity (Wildman–Crippen MR) is 147 cm³/mol. The number of ketones is 1. The number of aryl methyl sites for hydroxylation is 1. The molecule has 0 fully saturated rings. The van der Waals surface area contributed by atoms with Gasteiger partial charge in [0.25, 0.3) is 0 Å². The Morgan fingerprint density at radius 2 is 1.30 bits per heavy atom. The summed E-state index contributed by atoms with van der Waals surface area (Å²) in [6.45, 7) is 18.0. The minimum atomic E-state index is 0.133. The van der Waals surface area contributed by atoms with Crippen molar-refractivity contribution in [1.82, 2.24) is 0 Å². The second kappa shape index (κ2) is 31.9. The molecule has 0 atom stereocenters. The molecular weight excluding hydrogens is 432 g/mol. The summed E-state index contributed by atoms with van der Waals surface area (Å²) in [5.41, 5.74) is 2.73. The van der Waals surface area contributed by atoms with Crippen molar-refractivity contribution in [3.8, 4) is 0 Å². The van der Waals surface area contributed by atoms with Gasteiger partial charge in [-0.2, -0.15) is 0 Å². The normalized spacial score (nSPS) is 8.15. The van der Waals surface area contributed by atoms with Crippen molar-refractivity contribution in [2.24, 2.45) is 0 Å². The lowest BCUT2D eigenvalue weighted by atomic mass is 10.1. The molecule has 0 aliphatic carbocycles. The van der Waals surface area contributed by atoms with Crippen molar-refractivity contribution in [1.29, 1.82) is 0 Å². The van der Waals surface area contributed by atoms with Crippen LogP contribution in [-0.4, -0.2) is 18.9 Å². The fraction of sp³-hybridized carbons (Fsp3) is 0.483. The molecule has 2 aromatic rings. The van der Waals surface area contributed by atoms with Gasteiger partial charge in [0.05, 0.1) is 0 Å². The maximum atomic E-state index is 10.7. The third-order valence-electron chi connectivity index (χ3n) is 3.85. The molecule has 0 bridgehead atoms. The number of benzene rings is 2. The molecule has 0 aromatic heterocycles. The van der Waals surface area contributed by atoms with Gasteiger partial charge in [0.1, 0.15) is 18.9 Å². The summed E-state index contributed by atoms with van der Waals surface area (Å²) in [4.78, 5) is 29.0. The summed E-state index contributed by atoms with van der Waals surface area (Å²) in [5, 5.41) is 0.840. The van der Waals surface area contributed by atoms with Crippen LogP contribution >= 0.6 is 11.6 Å².